The van der Waals surface area contributed by atoms with Gasteiger partial charge >= 0.3 is 0 Å². The molecule has 0 aliphatic heterocycles. The lowest BCUT2D eigenvalue weighted by atomic mass is 10.2. The Labute approximate surface area is 131 Å². The van der Waals surface area contributed by atoms with Crippen molar-refractivity contribution in [1.82, 2.24) is 16.0 Å². The topological polar surface area (TPSA) is 65.5 Å². The summed E-state index contributed by atoms with van der Waals surface area (Å²) in [6.45, 7) is 3.02. The first-order chi connectivity index (χ1) is 8.78. The van der Waals surface area contributed by atoms with Crippen molar-refractivity contribution >= 4 is 35.8 Å². The molecule has 0 aromatic rings. The highest BCUT2D eigenvalue weighted by atomic mass is 127. The number of carbonyl (C=O) groups is 1. The number of carbonyl (C=O) groups excluding carboxylic acids is 1. The molecule has 3 N–H and O–H groups in total. The highest BCUT2D eigenvalue weighted by Gasteiger charge is 2.22. The summed E-state index contributed by atoms with van der Waals surface area (Å²) >= 11 is 0. The van der Waals surface area contributed by atoms with Crippen molar-refractivity contribution in [1.29, 1.82) is 0 Å². The fraction of sp³-hybridized carbons (Fsp3) is 0.692. The fourth-order valence-corrected chi connectivity index (χ4v) is 1.90. The van der Waals surface area contributed by atoms with Crippen LogP contribution in [0.5, 0.6) is 0 Å². The molecule has 0 atom stereocenters. The SMILES string of the molecule is CCNC(=NCC(=O)NC1CC1)NC1CC=CC1.I. The van der Waals surface area contributed by atoms with Gasteiger partial charge in [0, 0.05) is 18.6 Å². The van der Waals surface area contributed by atoms with E-state index in [2.05, 4.69) is 33.1 Å². The lowest BCUT2D eigenvalue weighted by molar-refractivity contribution is -0.119. The van der Waals surface area contributed by atoms with E-state index in [1.807, 2.05) is 6.92 Å². The van der Waals surface area contributed by atoms with Crippen LogP contribution >= 0.6 is 24.0 Å². The van der Waals surface area contributed by atoms with E-state index in [1.165, 1.54) is 0 Å². The maximum Gasteiger partial charge on any atom is 0.242 e. The molecule has 2 aliphatic carbocycles. The molecule has 2 rings (SSSR count). The van der Waals surface area contributed by atoms with Gasteiger partial charge in [0.2, 0.25) is 5.91 Å². The third-order valence-corrected chi connectivity index (χ3v) is 3.02. The lowest BCUT2D eigenvalue weighted by Gasteiger charge is -2.16. The Morgan fingerprint density at radius 3 is 2.47 bits per heavy atom. The zero-order valence-corrected chi connectivity index (χ0v) is 13.6. The highest BCUT2D eigenvalue weighted by Crippen LogP contribution is 2.18. The average Bonchev–Trinajstić information content (AvgIpc) is 3.01. The maximum absolute atomic E-state index is 11.6. The Morgan fingerprint density at radius 2 is 1.89 bits per heavy atom. The highest BCUT2D eigenvalue weighted by molar-refractivity contribution is 14.0. The molecule has 0 unspecified atom stereocenters. The minimum atomic E-state index is 0. The number of aliphatic imine (C=N–C) groups is 1. The number of nitrogens with zero attached hydrogens (tertiary/aromatic N) is 1. The number of nitrogens with one attached hydrogen (secondary N) is 3. The van der Waals surface area contributed by atoms with Gasteiger partial charge in [-0.05, 0) is 32.6 Å². The third-order valence-electron chi connectivity index (χ3n) is 3.02. The Hall–Kier alpha value is -0.790. The van der Waals surface area contributed by atoms with Crippen molar-refractivity contribution in [3.05, 3.63) is 12.2 Å². The van der Waals surface area contributed by atoms with Crippen LogP contribution in [0.1, 0.15) is 32.6 Å². The fourth-order valence-electron chi connectivity index (χ4n) is 1.90. The quantitative estimate of drug-likeness (QED) is 0.291. The minimum absolute atomic E-state index is 0. The number of amides is 1. The largest absolute Gasteiger partial charge is 0.357 e. The second-order valence-electron chi connectivity index (χ2n) is 4.82. The van der Waals surface area contributed by atoms with Crippen LogP contribution in [0.3, 0.4) is 0 Å². The van der Waals surface area contributed by atoms with E-state index in [0.717, 1.165) is 38.2 Å². The molecule has 5 nitrogen and oxygen atoms in total. The van der Waals surface area contributed by atoms with Gasteiger partial charge in [-0.15, -0.1) is 24.0 Å². The molecule has 108 valence electrons. The monoisotopic (exact) mass is 378 g/mol. The van der Waals surface area contributed by atoms with Crippen molar-refractivity contribution in [2.45, 2.75) is 44.7 Å². The summed E-state index contributed by atoms with van der Waals surface area (Å²) in [5.74, 6) is 0.747. The molecular formula is C13H23IN4O. The second-order valence-corrected chi connectivity index (χ2v) is 4.82. The Morgan fingerprint density at radius 1 is 1.21 bits per heavy atom. The van der Waals surface area contributed by atoms with Crippen LogP contribution in [0.4, 0.5) is 0 Å². The van der Waals surface area contributed by atoms with Crippen molar-refractivity contribution in [2.24, 2.45) is 4.99 Å². The maximum atomic E-state index is 11.6. The van der Waals surface area contributed by atoms with Gasteiger partial charge in [-0.1, -0.05) is 12.2 Å². The summed E-state index contributed by atoms with van der Waals surface area (Å²) in [5.41, 5.74) is 0. The van der Waals surface area contributed by atoms with Gasteiger partial charge in [0.1, 0.15) is 6.54 Å². The van der Waals surface area contributed by atoms with Crippen molar-refractivity contribution in [3.63, 3.8) is 0 Å². The molecule has 0 aromatic carbocycles. The molecule has 0 aromatic heterocycles. The van der Waals surface area contributed by atoms with Gasteiger partial charge < -0.3 is 16.0 Å². The van der Waals surface area contributed by atoms with Crippen molar-refractivity contribution in [2.75, 3.05) is 13.1 Å². The van der Waals surface area contributed by atoms with E-state index < -0.39 is 0 Å². The molecule has 1 fully saturated rings. The number of hydrogen-bond donors (Lipinski definition) is 3. The predicted octanol–water partition coefficient (Wildman–Crippen LogP) is 1.16. The lowest BCUT2D eigenvalue weighted by Crippen LogP contribution is -2.43. The average molecular weight is 378 g/mol. The predicted molar refractivity (Wildman–Crippen MR) is 87.9 cm³/mol. The van der Waals surface area contributed by atoms with E-state index in [-0.39, 0.29) is 36.4 Å². The Kier molecular flexibility index (Phi) is 7.19. The molecular weight excluding hydrogens is 355 g/mol. The van der Waals surface area contributed by atoms with Gasteiger partial charge in [0.15, 0.2) is 5.96 Å². The molecule has 1 saturated carbocycles. The van der Waals surface area contributed by atoms with Crippen LogP contribution in [0, 0.1) is 0 Å². The molecule has 19 heavy (non-hydrogen) atoms. The molecule has 0 radical (unpaired) electrons. The molecule has 2 aliphatic rings. The van der Waals surface area contributed by atoms with Gasteiger partial charge in [-0.25, -0.2) is 4.99 Å². The summed E-state index contributed by atoms with van der Waals surface area (Å²) in [5, 5.41) is 9.43. The van der Waals surface area contributed by atoms with Crippen molar-refractivity contribution in [3.8, 4) is 0 Å². The molecule has 0 bridgehead atoms. The second kappa shape index (κ2) is 8.39. The van der Waals surface area contributed by atoms with Crippen LogP contribution in [-0.4, -0.2) is 37.0 Å². The first-order valence-electron chi connectivity index (χ1n) is 6.77. The van der Waals surface area contributed by atoms with Gasteiger partial charge in [-0.2, -0.15) is 0 Å². The molecule has 0 heterocycles. The van der Waals surface area contributed by atoms with E-state index in [0.29, 0.717) is 12.1 Å². The minimum Gasteiger partial charge on any atom is -0.357 e. The van der Waals surface area contributed by atoms with E-state index in [1.54, 1.807) is 0 Å². The number of halogens is 1. The van der Waals surface area contributed by atoms with Gasteiger partial charge in [-0.3, -0.25) is 4.79 Å². The first-order valence-corrected chi connectivity index (χ1v) is 6.77. The van der Waals surface area contributed by atoms with Gasteiger partial charge in [0.25, 0.3) is 0 Å². The van der Waals surface area contributed by atoms with Crippen LogP contribution in [-0.2, 0) is 4.79 Å². The Bertz CT molecular complexity index is 345. The number of guanidine groups is 1. The van der Waals surface area contributed by atoms with E-state index in [4.69, 9.17) is 0 Å². The summed E-state index contributed by atoms with van der Waals surface area (Å²) in [7, 11) is 0. The van der Waals surface area contributed by atoms with Crippen LogP contribution in [0.15, 0.2) is 17.1 Å². The Balaban J connectivity index is 0.00000180. The van der Waals surface area contributed by atoms with Crippen LogP contribution in [0.2, 0.25) is 0 Å². The van der Waals surface area contributed by atoms with Crippen LogP contribution < -0.4 is 16.0 Å². The summed E-state index contributed by atoms with van der Waals surface area (Å²) in [6.07, 6.45) is 8.61. The number of hydrogen-bond acceptors (Lipinski definition) is 2. The van der Waals surface area contributed by atoms with E-state index in [9.17, 15) is 4.79 Å². The molecule has 0 spiro atoms. The summed E-state index contributed by atoms with van der Waals surface area (Å²) in [4.78, 5) is 15.9. The van der Waals surface area contributed by atoms with Crippen molar-refractivity contribution < 1.29 is 4.79 Å². The zero-order chi connectivity index (χ0) is 12.8. The van der Waals surface area contributed by atoms with E-state index >= 15 is 0 Å². The standard InChI is InChI=1S/C13H22N4O.HI/c1-2-14-13(17-10-5-3-4-6-10)15-9-12(18)16-11-7-8-11;/h3-4,10-11H,2,5-9H2,1H3,(H,16,18)(H2,14,15,17);1H. The zero-order valence-electron chi connectivity index (χ0n) is 11.3. The molecule has 1 amide bonds. The molecule has 0 saturated heterocycles. The van der Waals surface area contributed by atoms with Crippen LogP contribution in [0.25, 0.3) is 0 Å². The molecule has 6 heteroatoms. The number of rotatable bonds is 5. The smallest absolute Gasteiger partial charge is 0.242 e. The summed E-state index contributed by atoms with van der Waals surface area (Å²) < 4.78 is 0. The first kappa shape index (κ1) is 16.3. The summed E-state index contributed by atoms with van der Waals surface area (Å²) in [6, 6.07) is 0.816. The van der Waals surface area contributed by atoms with Gasteiger partial charge in [0.05, 0.1) is 0 Å². The normalized spacial score (nSPS) is 18.9. The third kappa shape index (κ3) is 6.26.